The minimum absolute atomic E-state index is 0.0671. The Morgan fingerprint density at radius 1 is 1.30 bits per heavy atom. The van der Waals surface area contributed by atoms with Gasteiger partial charge in [-0.1, -0.05) is 25.5 Å². The van der Waals surface area contributed by atoms with Gasteiger partial charge in [0.25, 0.3) is 0 Å². The first-order chi connectivity index (χ1) is 9.54. The standard InChI is InChI=1S/C8H16N2.C7H6O3/c1-3-4-5-10-7-6-9(2)8-10;8-6-4-2-1-3-5(6)7(9)10/h6-7H,3-5,8H2,1-2H3;1-4,8H,(H,9,10). The first-order valence-electron chi connectivity index (χ1n) is 6.68. The number of nitrogens with zero attached hydrogens (tertiary/aromatic N) is 2. The molecule has 0 bridgehead atoms. The Labute approximate surface area is 119 Å². The number of aromatic hydroxyl groups is 1. The van der Waals surface area contributed by atoms with Crippen molar-refractivity contribution in [2.75, 3.05) is 20.3 Å². The quantitative estimate of drug-likeness (QED) is 0.886. The Hall–Kier alpha value is -2.17. The largest absolute Gasteiger partial charge is 0.507 e. The molecule has 2 N–H and O–H groups in total. The maximum atomic E-state index is 10.3. The molecule has 0 radical (unpaired) electrons. The summed E-state index contributed by atoms with van der Waals surface area (Å²) >= 11 is 0. The van der Waals surface area contributed by atoms with E-state index in [-0.39, 0.29) is 11.3 Å². The average molecular weight is 278 g/mol. The van der Waals surface area contributed by atoms with Crippen LogP contribution in [0.5, 0.6) is 5.75 Å². The van der Waals surface area contributed by atoms with Crippen LogP contribution in [-0.2, 0) is 0 Å². The zero-order valence-corrected chi connectivity index (χ0v) is 12.0. The van der Waals surface area contributed by atoms with Crippen LogP contribution >= 0.6 is 0 Å². The van der Waals surface area contributed by atoms with Crippen LogP contribution in [0.2, 0.25) is 0 Å². The number of carbonyl (C=O) groups is 1. The van der Waals surface area contributed by atoms with Crippen molar-refractivity contribution < 1.29 is 15.0 Å². The molecule has 0 spiro atoms. The van der Waals surface area contributed by atoms with E-state index in [1.165, 1.54) is 31.5 Å². The van der Waals surface area contributed by atoms with Gasteiger partial charge in [0, 0.05) is 26.0 Å². The number of carboxylic acids is 1. The second-order valence-electron chi connectivity index (χ2n) is 4.68. The molecule has 1 heterocycles. The van der Waals surface area contributed by atoms with Crippen molar-refractivity contribution in [2.24, 2.45) is 0 Å². The van der Waals surface area contributed by atoms with E-state index in [0.717, 1.165) is 6.67 Å². The van der Waals surface area contributed by atoms with Gasteiger partial charge >= 0.3 is 5.97 Å². The zero-order chi connectivity index (χ0) is 15.0. The summed E-state index contributed by atoms with van der Waals surface area (Å²) in [6.45, 7) is 4.50. The Bertz CT molecular complexity index is 460. The lowest BCUT2D eigenvalue weighted by Crippen LogP contribution is -2.23. The summed E-state index contributed by atoms with van der Waals surface area (Å²) in [4.78, 5) is 14.8. The van der Waals surface area contributed by atoms with E-state index in [9.17, 15) is 4.79 Å². The van der Waals surface area contributed by atoms with Gasteiger partial charge in [-0.3, -0.25) is 0 Å². The molecular formula is C15H22N2O3. The molecular weight excluding hydrogens is 256 g/mol. The molecule has 0 saturated carbocycles. The summed E-state index contributed by atoms with van der Waals surface area (Å²) in [5.74, 6) is -1.31. The number of rotatable bonds is 4. The molecule has 0 fully saturated rings. The molecule has 5 nitrogen and oxygen atoms in total. The minimum Gasteiger partial charge on any atom is -0.507 e. The predicted octanol–water partition coefficient (Wildman–Crippen LogP) is 2.55. The highest BCUT2D eigenvalue weighted by atomic mass is 16.4. The summed E-state index contributed by atoms with van der Waals surface area (Å²) in [5, 5.41) is 17.3. The third kappa shape index (κ3) is 5.22. The summed E-state index contributed by atoms with van der Waals surface area (Å²) in [7, 11) is 2.10. The fourth-order valence-electron chi connectivity index (χ4n) is 1.75. The lowest BCUT2D eigenvalue weighted by molar-refractivity contribution is 0.0693. The Morgan fingerprint density at radius 3 is 2.45 bits per heavy atom. The van der Waals surface area contributed by atoms with Gasteiger partial charge in [-0.15, -0.1) is 0 Å². The summed E-state index contributed by atoms with van der Waals surface area (Å²) in [5.41, 5.74) is -0.0671. The molecule has 5 heteroatoms. The molecule has 0 atom stereocenters. The van der Waals surface area contributed by atoms with Gasteiger partial charge in [-0.25, -0.2) is 4.79 Å². The van der Waals surface area contributed by atoms with Gasteiger partial charge in [0.15, 0.2) is 0 Å². The third-order valence-electron chi connectivity index (χ3n) is 2.87. The normalized spacial score (nSPS) is 13.1. The number of para-hydroxylation sites is 1. The zero-order valence-electron chi connectivity index (χ0n) is 12.0. The van der Waals surface area contributed by atoms with Crippen molar-refractivity contribution in [1.82, 2.24) is 9.80 Å². The van der Waals surface area contributed by atoms with E-state index < -0.39 is 5.97 Å². The van der Waals surface area contributed by atoms with E-state index >= 15 is 0 Å². The van der Waals surface area contributed by atoms with Crippen molar-refractivity contribution in [3.05, 3.63) is 42.2 Å². The molecule has 1 aliphatic rings. The van der Waals surface area contributed by atoms with E-state index in [1.54, 1.807) is 12.1 Å². The third-order valence-corrected chi connectivity index (χ3v) is 2.87. The van der Waals surface area contributed by atoms with Gasteiger partial charge < -0.3 is 20.0 Å². The van der Waals surface area contributed by atoms with Crippen molar-refractivity contribution in [3.8, 4) is 5.75 Å². The second kappa shape index (κ2) is 8.09. The van der Waals surface area contributed by atoms with Crippen LogP contribution in [0.4, 0.5) is 0 Å². The van der Waals surface area contributed by atoms with Crippen LogP contribution in [-0.4, -0.2) is 46.2 Å². The van der Waals surface area contributed by atoms with E-state index in [0.29, 0.717) is 0 Å². The highest BCUT2D eigenvalue weighted by molar-refractivity contribution is 5.90. The first-order valence-corrected chi connectivity index (χ1v) is 6.68. The Balaban J connectivity index is 0.000000200. The number of hydrogen-bond acceptors (Lipinski definition) is 4. The topological polar surface area (TPSA) is 64.0 Å². The lowest BCUT2D eigenvalue weighted by Gasteiger charge is -2.17. The highest BCUT2D eigenvalue weighted by Gasteiger charge is 2.06. The molecule has 0 unspecified atom stereocenters. The monoisotopic (exact) mass is 278 g/mol. The van der Waals surface area contributed by atoms with Crippen LogP contribution in [0.3, 0.4) is 0 Å². The maximum absolute atomic E-state index is 10.3. The van der Waals surface area contributed by atoms with Gasteiger partial charge in [-0.05, 0) is 18.6 Å². The summed E-state index contributed by atoms with van der Waals surface area (Å²) in [6, 6.07) is 5.81. The van der Waals surface area contributed by atoms with Gasteiger partial charge in [0.2, 0.25) is 0 Å². The van der Waals surface area contributed by atoms with Gasteiger partial charge in [0.05, 0.1) is 6.67 Å². The molecule has 1 aliphatic heterocycles. The molecule has 110 valence electrons. The molecule has 0 saturated heterocycles. The smallest absolute Gasteiger partial charge is 0.339 e. The van der Waals surface area contributed by atoms with Crippen LogP contribution < -0.4 is 0 Å². The molecule has 1 aromatic carbocycles. The molecule has 2 rings (SSSR count). The molecule has 1 aromatic rings. The van der Waals surface area contributed by atoms with E-state index in [2.05, 4.69) is 36.2 Å². The number of unbranched alkanes of at least 4 members (excludes halogenated alkanes) is 1. The fraction of sp³-hybridized carbons (Fsp3) is 0.400. The number of benzene rings is 1. The molecule has 0 aliphatic carbocycles. The van der Waals surface area contributed by atoms with Crippen LogP contribution in [0, 0.1) is 0 Å². The highest BCUT2D eigenvalue weighted by Crippen LogP contribution is 2.14. The Kier molecular flexibility index (Phi) is 6.43. The molecule has 0 amide bonds. The Morgan fingerprint density at radius 2 is 2.00 bits per heavy atom. The van der Waals surface area contributed by atoms with Crippen molar-refractivity contribution in [3.63, 3.8) is 0 Å². The first kappa shape index (κ1) is 15.9. The average Bonchev–Trinajstić information content (AvgIpc) is 2.83. The maximum Gasteiger partial charge on any atom is 0.339 e. The van der Waals surface area contributed by atoms with E-state index in [4.69, 9.17) is 10.2 Å². The van der Waals surface area contributed by atoms with Crippen LogP contribution in [0.1, 0.15) is 30.1 Å². The summed E-state index contributed by atoms with van der Waals surface area (Å²) < 4.78 is 0. The number of aromatic carboxylic acids is 1. The second-order valence-corrected chi connectivity index (χ2v) is 4.68. The fourth-order valence-corrected chi connectivity index (χ4v) is 1.75. The SMILES string of the molecule is CCCCN1C=CN(C)C1.O=C(O)c1ccccc1O. The molecule has 0 aromatic heterocycles. The number of carboxylic acid groups (broad SMARTS) is 1. The van der Waals surface area contributed by atoms with Crippen LogP contribution in [0.25, 0.3) is 0 Å². The lowest BCUT2D eigenvalue weighted by atomic mass is 10.2. The molecule has 20 heavy (non-hydrogen) atoms. The van der Waals surface area contributed by atoms with E-state index in [1.807, 2.05) is 0 Å². The van der Waals surface area contributed by atoms with Crippen molar-refractivity contribution in [1.29, 1.82) is 0 Å². The van der Waals surface area contributed by atoms with Crippen LogP contribution in [0.15, 0.2) is 36.7 Å². The minimum atomic E-state index is -1.11. The predicted molar refractivity (Wildman–Crippen MR) is 78.5 cm³/mol. The van der Waals surface area contributed by atoms with Crippen molar-refractivity contribution in [2.45, 2.75) is 19.8 Å². The van der Waals surface area contributed by atoms with Gasteiger partial charge in [-0.2, -0.15) is 0 Å². The number of phenols is 1. The van der Waals surface area contributed by atoms with Crippen molar-refractivity contribution >= 4 is 5.97 Å². The summed E-state index contributed by atoms with van der Waals surface area (Å²) in [6.07, 6.45) is 6.87. The van der Waals surface area contributed by atoms with Gasteiger partial charge in [0.1, 0.15) is 11.3 Å². The number of hydrogen-bond donors (Lipinski definition) is 2.